The average molecular weight is 184 g/mol. The quantitative estimate of drug-likeness (QED) is 0.487. The number of rotatable bonds is 1. The van der Waals surface area contributed by atoms with Crippen molar-refractivity contribution in [2.45, 2.75) is 26.3 Å². The predicted molar refractivity (Wildman–Crippen MR) is 54.0 cm³/mol. The Labute approximate surface area is 78.9 Å². The van der Waals surface area contributed by atoms with Crippen LogP contribution in [0.5, 0.6) is 0 Å². The fraction of sp³-hybridized carbons (Fsp3) is 0.400. The summed E-state index contributed by atoms with van der Waals surface area (Å²) in [5, 5.41) is 0. The molecule has 0 aromatic carbocycles. The van der Waals surface area contributed by atoms with Gasteiger partial charge in [-0.15, -0.1) is 0 Å². The third-order valence-corrected chi connectivity index (χ3v) is 2.40. The van der Waals surface area contributed by atoms with E-state index in [0.717, 1.165) is 6.42 Å². The van der Waals surface area contributed by atoms with E-state index in [2.05, 4.69) is 29.1 Å². The average Bonchev–Trinajstić information content (AvgIpc) is 2.16. The van der Waals surface area contributed by atoms with Crippen LogP contribution in [0, 0.1) is 0 Å². The smallest absolute Gasteiger partial charge is 0.0680 e. The molecule has 66 valence electrons. The van der Waals surface area contributed by atoms with E-state index in [1.54, 1.807) is 0 Å². The maximum atomic E-state index is 5.66. The molecule has 1 rings (SSSR count). The van der Waals surface area contributed by atoms with Crippen molar-refractivity contribution >= 4 is 11.8 Å². The molecule has 0 aromatic rings. The monoisotopic (exact) mass is 183 g/mol. The molecule has 1 atom stereocenters. The summed E-state index contributed by atoms with van der Waals surface area (Å²) in [4.78, 5) is 2.79. The Bertz CT molecular complexity index is 238. The summed E-state index contributed by atoms with van der Waals surface area (Å²) < 4.78 is 0. The fourth-order valence-electron chi connectivity index (χ4n) is 1.44. The Hall–Kier alpha value is -0.530. The highest BCUT2D eigenvalue weighted by atomic mass is 35.5. The molecule has 0 radical (unpaired) electrons. The number of halogens is 1. The van der Waals surface area contributed by atoms with Crippen molar-refractivity contribution in [2.75, 3.05) is 0 Å². The molecule has 0 saturated heterocycles. The van der Waals surface area contributed by atoms with Crippen molar-refractivity contribution in [3.63, 3.8) is 0 Å². The molecule has 1 unspecified atom stereocenters. The normalized spacial score (nSPS) is 30.1. The summed E-state index contributed by atoms with van der Waals surface area (Å²) in [7, 11) is 0. The first kappa shape index (κ1) is 9.56. The molecule has 0 saturated carbocycles. The first-order chi connectivity index (χ1) is 5.83. The largest absolute Gasteiger partial charge is 0.222 e. The van der Waals surface area contributed by atoms with Crippen LogP contribution < -0.4 is 4.84 Å². The minimum Gasteiger partial charge on any atom is -0.222 e. The molecular formula is C10H14ClN. The highest BCUT2D eigenvalue weighted by Gasteiger charge is 2.17. The van der Waals surface area contributed by atoms with Gasteiger partial charge in [-0.1, -0.05) is 24.3 Å². The summed E-state index contributed by atoms with van der Waals surface area (Å²) in [6, 6.07) is 0.201. The van der Waals surface area contributed by atoms with E-state index in [1.807, 2.05) is 13.8 Å². The lowest BCUT2D eigenvalue weighted by atomic mass is 9.91. The van der Waals surface area contributed by atoms with Crippen molar-refractivity contribution in [3.05, 3.63) is 35.5 Å². The maximum Gasteiger partial charge on any atom is 0.0680 e. The summed E-state index contributed by atoms with van der Waals surface area (Å²) >= 11 is 5.66. The van der Waals surface area contributed by atoms with Crippen molar-refractivity contribution in [3.8, 4) is 0 Å². The van der Waals surface area contributed by atoms with Crippen LogP contribution in [0.1, 0.15) is 20.3 Å². The topological polar surface area (TPSA) is 12.0 Å². The van der Waals surface area contributed by atoms with Gasteiger partial charge in [0, 0.05) is 0 Å². The van der Waals surface area contributed by atoms with Gasteiger partial charge in [0.2, 0.25) is 0 Å². The fourth-order valence-corrected chi connectivity index (χ4v) is 1.71. The molecule has 1 N–H and O–H groups in total. The van der Waals surface area contributed by atoms with E-state index < -0.39 is 0 Å². The Kier molecular flexibility index (Phi) is 3.57. The van der Waals surface area contributed by atoms with Gasteiger partial charge in [0.1, 0.15) is 0 Å². The van der Waals surface area contributed by atoms with E-state index in [0.29, 0.717) is 0 Å². The predicted octanol–water partition coefficient (Wildman–Crippen LogP) is 2.95. The minimum atomic E-state index is 0.201. The second kappa shape index (κ2) is 4.48. The zero-order valence-corrected chi connectivity index (χ0v) is 8.23. The molecule has 1 aliphatic rings. The van der Waals surface area contributed by atoms with Crippen LogP contribution in [-0.2, 0) is 0 Å². The van der Waals surface area contributed by atoms with E-state index in [9.17, 15) is 0 Å². The lowest BCUT2D eigenvalue weighted by Gasteiger charge is -2.22. The first-order valence-electron chi connectivity index (χ1n) is 4.17. The molecule has 0 aliphatic heterocycles. The van der Waals surface area contributed by atoms with Crippen LogP contribution in [-0.4, -0.2) is 6.04 Å². The third kappa shape index (κ3) is 1.79. The van der Waals surface area contributed by atoms with Crippen LogP contribution in [0.25, 0.3) is 0 Å². The van der Waals surface area contributed by atoms with Crippen LogP contribution in [0.15, 0.2) is 35.5 Å². The van der Waals surface area contributed by atoms with E-state index in [4.69, 9.17) is 11.8 Å². The zero-order chi connectivity index (χ0) is 8.97. The molecule has 0 spiro atoms. The van der Waals surface area contributed by atoms with E-state index in [1.165, 1.54) is 11.1 Å². The summed E-state index contributed by atoms with van der Waals surface area (Å²) in [6.07, 6.45) is 9.48. The van der Waals surface area contributed by atoms with Crippen LogP contribution in [0.4, 0.5) is 0 Å². The van der Waals surface area contributed by atoms with Crippen molar-refractivity contribution in [1.82, 2.24) is 4.84 Å². The third-order valence-electron chi connectivity index (χ3n) is 2.18. The van der Waals surface area contributed by atoms with Gasteiger partial charge < -0.3 is 0 Å². The molecule has 0 heterocycles. The van der Waals surface area contributed by atoms with Crippen molar-refractivity contribution < 1.29 is 0 Å². The van der Waals surface area contributed by atoms with Gasteiger partial charge >= 0.3 is 0 Å². The van der Waals surface area contributed by atoms with Gasteiger partial charge in [-0.3, -0.25) is 0 Å². The Morgan fingerprint density at radius 2 is 2.25 bits per heavy atom. The Morgan fingerprint density at radius 1 is 1.50 bits per heavy atom. The second-order valence-electron chi connectivity index (χ2n) is 2.80. The lowest BCUT2D eigenvalue weighted by molar-refractivity contribution is 0.790. The first-order valence-corrected chi connectivity index (χ1v) is 4.55. The summed E-state index contributed by atoms with van der Waals surface area (Å²) in [5.74, 6) is 0. The van der Waals surface area contributed by atoms with E-state index >= 15 is 0 Å². The van der Waals surface area contributed by atoms with Gasteiger partial charge in [-0.25, -0.2) is 4.84 Å². The number of hydrogen-bond donors (Lipinski definition) is 1. The molecule has 0 fully saturated rings. The number of hydrogen-bond acceptors (Lipinski definition) is 1. The molecule has 1 nitrogen and oxygen atoms in total. The summed E-state index contributed by atoms with van der Waals surface area (Å²) in [5.41, 5.74) is 2.57. The van der Waals surface area contributed by atoms with Gasteiger partial charge in [0.05, 0.1) is 6.04 Å². The van der Waals surface area contributed by atoms with Crippen molar-refractivity contribution in [1.29, 1.82) is 0 Å². The van der Waals surface area contributed by atoms with Crippen LogP contribution in [0.2, 0.25) is 0 Å². The molecule has 2 heteroatoms. The Morgan fingerprint density at radius 3 is 2.75 bits per heavy atom. The molecule has 1 aliphatic carbocycles. The number of allylic oxidation sites excluding steroid dienone is 3. The highest BCUT2D eigenvalue weighted by molar-refractivity contribution is 6.14. The molecule has 0 amide bonds. The minimum absolute atomic E-state index is 0.201. The van der Waals surface area contributed by atoms with Gasteiger partial charge in [-0.05, 0) is 43.2 Å². The van der Waals surface area contributed by atoms with Gasteiger partial charge in [-0.2, -0.15) is 0 Å². The molecule has 0 aromatic heterocycles. The van der Waals surface area contributed by atoms with Crippen LogP contribution >= 0.6 is 11.8 Å². The second-order valence-corrected chi connectivity index (χ2v) is 3.02. The van der Waals surface area contributed by atoms with Gasteiger partial charge in [0.25, 0.3) is 0 Å². The summed E-state index contributed by atoms with van der Waals surface area (Å²) in [6.45, 7) is 4.07. The zero-order valence-electron chi connectivity index (χ0n) is 7.47. The van der Waals surface area contributed by atoms with Crippen molar-refractivity contribution in [2.24, 2.45) is 0 Å². The molecule has 12 heavy (non-hydrogen) atoms. The highest BCUT2D eigenvalue weighted by Crippen LogP contribution is 2.22. The molecule has 0 bridgehead atoms. The number of nitrogens with one attached hydrogen (secondary N) is 1. The maximum absolute atomic E-state index is 5.66. The van der Waals surface area contributed by atoms with E-state index in [-0.39, 0.29) is 6.04 Å². The van der Waals surface area contributed by atoms with Gasteiger partial charge in [0.15, 0.2) is 0 Å². The van der Waals surface area contributed by atoms with Crippen LogP contribution in [0.3, 0.4) is 0 Å². The molecular weight excluding hydrogens is 170 g/mol. The SMILES string of the molecule is CC=C1C=CCC(=CC)C1NCl. The Balaban J connectivity index is 2.93. The lowest BCUT2D eigenvalue weighted by Crippen LogP contribution is -2.26. The standard InChI is InChI=1S/C10H14ClN/c1-3-8-6-5-7-9(4-2)10(8)12-11/h3-6,10,12H,7H2,1-2H3.